The van der Waals surface area contributed by atoms with Gasteiger partial charge in [0.2, 0.25) is 5.91 Å². The Morgan fingerprint density at radius 1 is 1.00 bits per heavy atom. The van der Waals surface area contributed by atoms with Crippen LogP contribution < -0.4 is 16.6 Å². The minimum absolute atomic E-state index is 0.0753. The van der Waals surface area contributed by atoms with Gasteiger partial charge in [0.1, 0.15) is 6.04 Å². The Labute approximate surface area is 200 Å². The number of hydrogen-bond donors (Lipinski definition) is 3. The van der Waals surface area contributed by atoms with Gasteiger partial charge < -0.3 is 20.7 Å². The van der Waals surface area contributed by atoms with Crippen molar-refractivity contribution in [3.63, 3.8) is 0 Å². The standard InChI is InChI=1S/C26H37N5O3/c27-24(33)22(16-32)29-25-26(34)31(23-11-7-6-10-21(23)28-25)20-14-18-12-13-19(15-20)30(18)17-8-4-2-1-3-5-9-17/h6-7,10-11,17-20,22,32H,1-5,8-9,12-16H2,(H2,27,33)(H,28,29)/t18-,19+,20+,22-/m0/s1. The first-order valence-electron chi connectivity index (χ1n) is 13.0. The number of fused-ring (bicyclic) bond motifs is 3. The van der Waals surface area contributed by atoms with Gasteiger partial charge in [-0.25, -0.2) is 4.98 Å². The smallest absolute Gasteiger partial charge is 0.294 e. The Morgan fingerprint density at radius 2 is 1.65 bits per heavy atom. The first kappa shape index (κ1) is 23.3. The van der Waals surface area contributed by atoms with Gasteiger partial charge in [-0.3, -0.25) is 14.5 Å². The number of para-hydroxylation sites is 2. The minimum Gasteiger partial charge on any atom is -0.394 e. The van der Waals surface area contributed by atoms with Gasteiger partial charge >= 0.3 is 0 Å². The number of aromatic nitrogens is 2. The molecule has 8 nitrogen and oxygen atoms in total. The Balaban J connectivity index is 1.46. The maximum absolute atomic E-state index is 13.6. The SMILES string of the molecule is NC(=O)[C@H](CO)Nc1nc2ccccc2n([C@H]2C[C@H]3CC[C@@H](C2)N3C2CCCCCCC2)c1=O. The molecular weight excluding hydrogens is 430 g/mol. The highest BCUT2D eigenvalue weighted by Crippen LogP contribution is 2.44. The molecule has 2 aromatic rings. The van der Waals surface area contributed by atoms with E-state index in [4.69, 9.17) is 5.73 Å². The Bertz CT molecular complexity index is 1060. The number of nitrogens with two attached hydrogens (primary N) is 1. The monoisotopic (exact) mass is 467 g/mol. The molecule has 1 amide bonds. The van der Waals surface area contributed by atoms with E-state index < -0.39 is 18.6 Å². The summed E-state index contributed by atoms with van der Waals surface area (Å²) in [5, 5.41) is 12.3. The van der Waals surface area contributed by atoms with Crippen LogP contribution in [0.2, 0.25) is 0 Å². The predicted octanol–water partition coefficient (Wildman–Crippen LogP) is 2.94. The highest BCUT2D eigenvalue weighted by molar-refractivity contribution is 5.83. The van der Waals surface area contributed by atoms with E-state index in [-0.39, 0.29) is 17.4 Å². The molecule has 2 saturated heterocycles. The second-order valence-corrected chi connectivity index (χ2v) is 10.4. The maximum atomic E-state index is 13.6. The largest absolute Gasteiger partial charge is 0.394 e. The minimum atomic E-state index is -1.05. The van der Waals surface area contributed by atoms with Crippen LogP contribution in [0.25, 0.3) is 11.0 Å². The molecule has 1 aromatic heterocycles. The average Bonchev–Trinajstić information content (AvgIpc) is 3.06. The maximum Gasteiger partial charge on any atom is 0.294 e. The number of carbonyl (C=O) groups is 1. The molecule has 34 heavy (non-hydrogen) atoms. The Hall–Kier alpha value is -2.45. The van der Waals surface area contributed by atoms with E-state index in [2.05, 4.69) is 15.2 Å². The molecule has 2 aliphatic heterocycles. The van der Waals surface area contributed by atoms with Gasteiger partial charge in [0, 0.05) is 24.2 Å². The summed E-state index contributed by atoms with van der Waals surface area (Å²) in [4.78, 5) is 32.6. The molecule has 3 aliphatic rings. The number of carbonyl (C=O) groups excluding carboxylic acids is 1. The molecule has 5 rings (SSSR count). The first-order valence-corrected chi connectivity index (χ1v) is 13.0. The third kappa shape index (κ3) is 4.45. The molecule has 4 N–H and O–H groups in total. The van der Waals surface area contributed by atoms with E-state index in [0.29, 0.717) is 23.6 Å². The number of anilines is 1. The summed E-state index contributed by atoms with van der Waals surface area (Å²) in [6, 6.07) is 8.41. The highest BCUT2D eigenvalue weighted by atomic mass is 16.3. The quantitative estimate of drug-likeness (QED) is 0.602. The van der Waals surface area contributed by atoms with Crippen LogP contribution in [-0.4, -0.2) is 56.2 Å². The van der Waals surface area contributed by atoms with Crippen molar-refractivity contribution >= 4 is 22.8 Å². The summed E-state index contributed by atoms with van der Waals surface area (Å²) in [7, 11) is 0. The van der Waals surface area contributed by atoms with E-state index >= 15 is 0 Å². The van der Waals surface area contributed by atoms with Crippen molar-refractivity contribution < 1.29 is 9.90 Å². The fourth-order valence-corrected chi connectivity index (χ4v) is 6.71. The van der Waals surface area contributed by atoms with Gasteiger partial charge in [0.25, 0.3) is 5.56 Å². The molecule has 1 aliphatic carbocycles. The molecule has 3 fully saturated rings. The Kier molecular flexibility index (Phi) is 6.88. The number of nitrogens with zero attached hydrogens (tertiary/aromatic N) is 3. The van der Waals surface area contributed by atoms with Crippen molar-refractivity contribution in [1.82, 2.24) is 14.5 Å². The number of nitrogens with one attached hydrogen (secondary N) is 1. The van der Waals surface area contributed by atoms with Crippen LogP contribution in [-0.2, 0) is 4.79 Å². The van der Waals surface area contributed by atoms with Crippen LogP contribution in [0.1, 0.15) is 76.7 Å². The van der Waals surface area contributed by atoms with Crippen LogP contribution >= 0.6 is 0 Å². The number of rotatable bonds is 6. The van der Waals surface area contributed by atoms with E-state index in [1.165, 1.54) is 57.8 Å². The summed E-state index contributed by atoms with van der Waals surface area (Å²) >= 11 is 0. The number of aliphatic hydroxyl groups excluding tert-OH is 1. The summed E-state index contributed by atoms with van der Waals surface area (Å²) in [5.74, 6) is -0.639. The number of aliphatic hydroxyl groups is 1. The summed E-state index contributed by atoms with van der Waals surface area (Å²) in [6.07, 6.45) is 13.7. The van der Waals surface area contributed by atoms with Gasteiger partial charge in [0.15, 0.2) is 5.82 Å². The number of amides is 1. The lowest BCUT2D eigenvalue weighted by molar-refractivity contribution is -0.119. The van der Waals surface area contributed by atoms with E-state index in [1.807, 2.05) is 28.8 Å². The average molecular weight is 468 g/mol. The highest BCUT2D eigenvalue weighted by Gasteiger charge is 2.44. The van der Waals surface area contributed by atoms with Crippen LogP contribution in [0, 0.1) is 0 Å². The van der Waals surface area contributed by atoms with E-state index in [9.17, 15) is 14.7 Å². The predicted molar refractivity (Wildman–Crippen MR) is 133 cm³/mol. The third-order valence-electron chi connectivity index (χ3n) is 8.26. The molecule has 0 spiro atoms. The van der Waals surface area contributed by atoms with Crippen molar-refractivity contribution in [2.45, 2.75) is 101 Å². The first-order chi connectivity index (χ1) is 16.6. The van der Waals surface area contributed by atoms with Gasteiger partial charge in [-0.1, -0.05) is 44.2 Å². The summed E-state index contributed by atoms with van der Waals surface area (Å²) in [6.45, 7) is -0.493. The lowest BCUT2D eigenvalue weighted by Gasteiger charge is -2.45. The number of benzene rings is 1. The van der Waals surface area contributed by atoms with Gasteiger partial charge in [-0.15, -0.1) is 0 Å². The second-order valence-electron chi connectivity index (χ2n) is 10.4. The molecule has 3 heterocycles. The van der Waals surface area contributed by atoms with Gasteiger partial charge in [-0.05, 0) is 50.7 Å². The zero-order valence-electron chi connectivity index (χ0n) is 19.9. The second kappa shape index (κ2) is 10.0. The molecule has 1 saturated carbocycles. The topological polar surface area (TPSA) is 113 Å². The molecule has 0 radical (unpaired) electrons. The van der Waals surface area contributed by atoms with Crippen molar-refractivity contribution in [1.29, 1.82) is 0 Å². The Morgan fingerprint density at radius 3 is 2.29 bits per heavy atom. The van der Waals surface area contributed by atoms with Crippen molar-refractivity contribution in [3.8, 4) is 0 Å². The van der Waals surface area contributed by atoms with Crippen LogP contribution in [0.15, 0.2) is 29.1 Å². The van der Waals surface area contributed by atoms with Crippen molar-refractivity contribution in [2.24, 2.45) is 5.73 Å². The number of primary amides is 1. The van der Waals surface area contributed by atoms with Crippen LogP contribution in [0.4, 0.5) is 5.82 Å². The molecule has 4 atom stereocenters. The fraction of sp³-hybridized carbons (Fsp3) is 0.654. The lowest BCUT2D eigenvalue weighted by Crippen LogP contribution is -2.50. The van der Waals surface area contributed by atoms with E-state index in [1.54, 1.807) is 0 Å². The van der Waals surface area contributed by atoms with Crippen molar-refractivity contribution in [2.75, 3.05) is 11.9 Å². The number of piperidine rings is 1. The summed E-state index contributed by atoms with van der Waals surface area (Å²) < 4.78 is 1.89. The fourth-order valence-electron chi connectivity index (χ4n) is 6.71. The van der Waals surface area contributed by atoms with E-state index in [0.717, 1.165) is 18.4 Å². The van der Waals surface area contributed by atoms with Crippen molar-refractivity contribution in [3.05, 3.63) is 34.6 Å². The molecular formula is C26H37N5O3. The normalized spacial score (nSPS) is 27.3. The third-order valence-corrected chi connectivity index (χ3v) is 8.26. The molecule has 8 heteroatoms. The summed E-state index contributed by atoms with van der Waals surface area (Å²) in [5.41, 5.74) is 6.65. The molecule has 1 aromatic carbocycles. The lowest BCUT2D eigenvalue weighted by atomic mass is 9.89. The van der Waals surface area contributed by atoms with Crippen LogP contribution in [0.5, 0.6) is 0 Å². The van der Waals surface area contributed by atoms with Gasteiger partial charge in [-0.2, -0.15) is 0 Å². The molecule has 2 bridgehead atoms. The number of hydrogen-bond acceptors (Lipinski definition) is 6. The molecule has 184 valence electrons. The van der Waals surface area contributed by atoms with Crippen LogP contribution in [0.3, 0.4) is 0 Å². The zero-order chi connectivity index (χ0) is 23.7. The molecule has 0 unspecified atom stereocenters. The van der Waals surface area contributed by atoms with Gasteiger partial charge in [0.05, 0.1) is 17.6 Å². The zero-order valence-corrected chi connectivity index (χ0v) is 19.9.